The zero-order chi connectivity index (χ0) is 24.8. The smallest absolute Gasteiger partial charge is 0.409 e. The first-order valence-corrected chi connectivity index (χ1v) is 12.3. The predicted octanol–water partition coefficient (Wildman–Crippen LogP) is 4.22. The van der Waals surface area contributed by atoms with E-state index >= 15 is 0 Å². The Morgan fingerprint density at radius 2 is 1.88 bits per heavy atom. The molecule has 1 amide bonds. The Bertz CT molecular complexity index is 858. The third-order valence-electron chi connectivity index (χ3n) is 7.17. The molecule has 0 spiro atoms. The van der Waals surface area contributed by atoms with Gasteiger partial charge < -0.3 is 24.2 Å². The molecule has 0 saturated carbocycles. The van der Waals surface area contributed by atoms with Crippen LogP contribution in [0.3, 0.4) is 0 Å². The number of rotatable bonds is 10. The lowest BCUT2D eigenvalue weighted by atomic mass is 9.74. The van der Waals surface area contributed by atoms with Gasteiger partial charge in [-0.05, 0) is 66.7 Å². The first-order chi connectivity index (χ1) is 16.2. The number of carbonyl (C=O) groups is 2. The molecule has 0 radical (unpaired) electrons. The lowest BCUT2D eigenvalue weighted by molar-refractivity contribution is -0.137. The molecule has 2 aliphatic rings. The molecule has 1 aromatic rings. The molecule has 190 valence electrons. The second-order valence-corrected chi connectivity index (χ2v) is 10.0. The van der Waals surface area contributed by atoms with E-state index in [2.05, 4.69) is 30.9 Å². The van der Waals surface area contributed by atoms with Crippen molar-refractivity contribution in [2.24, 2.45) is 17.8 Å². The van der Waals surface area contributed by atoms with E-state index in [9.17, 15) is 9.59 Å². The van der Waals surface area contributed by atoms with E-state index in [0.717, 1.165) is 43.9 Å². The van der Waals surface area contributed by atoms with Gasteiger partial charge in [-0.2, -0.15) is 0 Å². The summed E-state index contributed by atoms with van der Waals surface area (Å²) in [7, 11) is 4.99. The third-order valence-corrected chi connectivity index (χ3v) is 7.17. The normalized spacial score (nSPS) is 22.0. The van der Waals surface area contributed by atoms with Crippen molar-refractivity contribution in [2.45, 2.75) is 52.0 Å². The second-order valence-electron chi connectivity index (χ2n) is 10.0. The lowest BCUT2D eigenvalue weighted by Gasteiger charge is -2.47. The van der Waals surface area contributed by atoms with Crippen molar-refractivity contribution >= 4 is 12.1 Å². The van der Waals surface area contributed by atoms with Crippen molar-refractivity contribution < 1.29 is 28.9 Å². The number of fused-ring (bicyclic) bond motifs is 3. The summed E-state index contributed by atoms with van der Waals surface area (Å²) in [5, 5.41) is 8.81. The molecule has 8 heteroatoms. The van der Waals surface area contributed by atoms with Gasteiger partial charge in [0.15, 0.2) is 11.5 Å². The summed E-state index contributed by atoms with van der Waals surface area (Å²) in [6, 6.07) is 4.49. The largest absolute Gasteiger partial charge is 0.493 e. The first-order valence-electron chi connectivity index (χ1n) is 12.3. The first kappa shape index (κ1) is 26.1. The highest BCUT2D eigenvalue weighted by Gasteiger charge is 2.40. The molecule has 3 rings (SSSR count). The van der Waals surface area contributed by atoms with Gasteiger partial charge in [-0.15, -0.1) is 0 Å². The van der Waals surface area contributed by atoms with Crippen LogP contribution in [-0.4, -0.2) is 74.5 Å². The minimum Gasteiger partial charge on any atom is -0.493 e. The molecular weight excluding hydrogens is 436 g/mol. The maximum Gasteiger partial charge on any atom is 0.409 e. The van der Waals surface area contributed by atoms with Crippen molar-refractivity contribution in [2.75, 3.05) is 47.5 Å². The number of hydrogen-bond donors (Lipinski definition) is 1. The van der Waals surface area contributed by atoms with Crippen LogP contribution in [-0.2, 0) is 16.0 Å². The topological polar surface area (TPSA) is 88.5 Å². The summed E-state index contributed by atoms with van der Waals surface area (Å²) in [5.41, 5.74) is 2.59. The van der Waals surface area contributed by atoms with Crippen LogP contribution in [0.1, 0.15) is 56.7 Å². The molecule has 0 bridgehead atoms. The van der Waals surface area contributed by atoms with E-state index in [1.165, 1.54) is 16.0 Å². The van der Waals surface area contributed by atoms with Crippen LogP contribution in [0.15, 0.2) is 12.1 Å². The van der Waals surface area contributed by atoms with Crippen molar-refractivity contribution in [3.63, 3.8) is 0 Å². The molecule has 2 aliphatic heterocycles. The molecule has 1 fully saturated rings. The number of benzene rings is 1. The number of carboxylic acid groups (broad SMARTS) is 1. The fraction of sp³-hybridized carbons (Fsp3) is 0.692. The molecule has 0 aliphatic carbocycles. The van der Waals surface area contributed by atoms with Gasteiger partial charge in [-0.3, -0.25) is 9.69 Å². The highest BCUT2D eigenvalue weighted by molar-refractivity contribution is 5.68. The molecule has 0 aromatic heterocycles. The van der Waals surface area contributed by atoms with Gasteiger partial charge in [0.25, 0.3) is 0 Å². The van der Waals surface area contributed by atoms with Crippen molar-refractivity contribution in [1.82, 2.24) is 9.80 Å². The van der Waals surface area contributed by atoms with Crippen LogP contribution in [0.4, 0.5) is 4.79 Å². The average molecular weight is 477 g/mol. The Morgan fingerprint density at radius 1 is 1.18 bits per heavy atom. The highest BCUT2D eigenvalue weighted by atomic mass is 16.6. The van der Waals surface area contributed by atoms with Crippen LogP contribution >= 0.6 is 0 Å². The molecule has 34 heavy (non-hydrogen) atoms. The maximum atomic E-state index is 12.5. The number of methoxy groups -OCH3 is 2. The summed E-state index contributed by atoms with van der Waals surface area (Å²) < 4.78 is 16.8. The molecule has 1 saturated heterocycles. The van der Waals surface area contributed by atoms with E-state index in [-0.39, 0.29) is 24.5 Å². The van der Waals surface area contributed by atoms with E-state index < -0.39 is 5.97 Å². The molecule has 0 unspecified atom stereocenters. The Hall–Kier alpha value is -2.48. The molecule has 2 heterocycles. The number of carboxylic acids is 1. The van der Waals surface area contributed by atoms with E-state index in [4.69, 9.17) is 19.3 Å². The number of hydrogen-bond acceptors (Lipinski definition) is 6. The lowest BCUT2D eigenvalue weighted by Crippen LogP contribution is -2.47. The molecule has 1 N–H and O–H groups in total. The summed E-state index contributed by atoms with van der Waals surface area (Å²) in [6.45, 7) is 7.25. The van der Waals surface area contributed by atoms with Gasteiger partial charge >= 0.3 is 12.1 Å². The number of aliphatic carboxylic acids is 1. The zero-order valence-electron chi connectivity index (χ0n) is 21.2. The Labute approximate surface area is 203 Å². The minimum absolute atomic E-state index is 0.0435. The van der Waals surface area contributed by atoms with Crippen LogP contribution in [0, 0.1) is 17.8 Å². The van der Waals surface area contributed by atoms with E-state index in [1.54, 1.807) is 21.3 Å². The molecular formula is C26H40N2O6. The fourth-order valence-corrected chi connectivity index (χ4v) is 5.43. The van der Waals surface area contributed by atoms with Gasteiger partial charge in [-0.25, -0.2) is 4.79 Å². The fourth-order valence-electron chi connectivity index (χ4n) is 5.43. The monoisotopic (exact) mass is 476 g/mol. The predicted molar refractivity (Wildman–Crippen MR) is 129 cm³/mol. The maximum absolute atomic E-state index is 12.5. The van der Waals surface area contributed by atoms with Crippen LogP contribution in [0.5, 0.6) is 11.5 Å². The molecule has 8 nitrogen and oxygen atoms in total. The average Bonchev–Trinajstić information content (AvgIpc) is 2.80. The molecule has 1 aromatic carbocycles. The number of piperidine rings is 1. The van der Waals surface area contributed by atoms with Gasteiger partial charge in [0.1, 0.15) is 0 Å². The SMILES string of the molecule is COc1cc2c(cc1OC)[C@H]1C[C@@H](COC(=O)N(C)CCCC(=O)O)[C@H](CC(C)C)CN1CC2. The number of amides is 1. The summed E-state index contributed by atoms with van der Waals surface area (Å²) >= 11 is 0. The minimum atomic E-state index is -0.855. The summed E-state index contributed by atoms with van der Waals surface area (Å²) in [6.07, 6.45) is 3.09. The van der Waals surface area contributed by atoms with Crippen molar-refractivity contribution in [3.8, 4) is 11.5 Å². The Balaban J connectivity index is 1.72. The zero-order valence-corrected chi connectivity index (χ0v) is 21.2. The van der Waals surface area contributed by atoms with Gasteiger partial charge in [-0.1, -0.05) is 13.8 Å². The standard InChI is InChI=1S/C26H40N2O6/c1-17(2)11-19-15-28-10-8-18-13-23(32-4)24(33-5)14-21(18)22(28)12-20(19)16-34-26(31)27(3)9-6-7-25(29)30/h13-14,17,19-20,22H,6-12,15-16H2,1-5H3,(H,29,30)/t19-,20+,22-/m1/s1. The number of ether oxygens (including phenoxy) is 3. The summed E-state index contributed by atoms with van der Waals surface area (Å²) in [4.78, 5) is 27.3. The van der Waals surface area contributed by atoms with Crippen molar-refractivity contribution in [1.29, 1.82) is 0 Å². The highest BCUT2D eigenvalue weighted by Crippen LogP contribution is 2.45. The van der Waals surface area contributed by atoms with Gasteiger partial charge in [0.2, 0.25) is 0 Å². The van der Waals surface area contributed by atoms with Gasteiger partial charge in [0.05, 0.1) is 20.8 Å². The van der Waals surface area contributed by atoms with Crippen LogP contribution in [0.2, 0.25) is 0 Å². The van der Waals surface area contributed by atoms with Crippen molar-refractivity contribution in [3.05, 3.63) is 23.3 Å². The van der Waals surface area contributed by atoms with E-state index in [0.29, 0.717) is 31.4 Å². The quantitative estimate of drug-likeness (QED) is 0.541. The number of nitrogens with zero attached hydrogens (tertiary/aromatic N) is 2. The van der Waals surface area contributed by atoms with E-state index in [1.807, 2.05) is 0 Å². The Kier molecular flexibility index (Phi) is 9.05. The second kappa shape index (κ2) is 11.8. The Morgan fingerprint density at radius 3 is 2.53 bits per heavy atom. The van der Waals surface area contributed by atoms with Crippen LogP contribution < -0.4 is 9.47 Å². The van der Waals surface area contributed by atoms with Gasteiger partial charge in [0, 0.05) is 39.1 Å². The third kappa shape index (κ3) is 6.34. The molecule has 3 atom stereocenters. The summed E-state index contributed by atoms with van der Waals surface area (Å²) in [5.74, 6) is 1.95. The van der Waals surface area contributed by atoms with Crippen LogP contribution in [0.25, 0.3) is 0 Å². The number of carbonyl (C=O) groups excluding carboxylic acids is 1.